The molecule has 1 aliphatic rings. The highest BCUT2D eigenvalue weighted by Gasteiger charge is 2.37. The van der Waals surface area contributed by atoms with E-state index in [0.717, 1.165) is 11.8 Å². The molecule has 1 rings (SSSR count). The molecule has 0 aromatic carbocycles. The van der Waals surface area contributed by atoms with E-state index in [1.165, 1.54) is 6.42 Å². The lowest BCUT2D eigenvalue weighted by Crippen LogP contribution is -2.39. The molecule has 60 valence electrons. The average Bonchev–Trinajstić information content (AvgIpc) is 2.44. The van der Waals surface area contributed by atoms with Gasteiger partial charge >= 0.3 is 0 Å². The van der Waals surface area contributed by atoms with Gasteiger partial charge in [-0.2, -0.15) is 0 Å². The third kappa shape index (κ3) is 1.96. The minimum absolute atomic E-state index is 0.657. The highest BCUT2D eigenvalue weighted by molar-refractivity contribution is 4.89. The molecule has 0 bridgehead atoms. The highest BCUT2D eigenvalue weighted by atomic mass is 15.5. The van der Waals surface area contributed by atoms with Crippen LogP contribution in [0.15, 0.2) is 0 Å². The van der Waals surface area contributed by atoms with Crippen molar-refractivity contribution in [3.05, 3.63) is 0 Å². The average molecular weight is 142 g/mol. The summed E-state index contributed by atoms with van der Waals surface area (Å²) in [6.45, 7) is 4.58. The van der Waals surface area contributed by atoms with Crippen LogP contribution >= 0.6 is 0 Å². The van der Waals surface area contributed by atoms with Crippen LogP contribution < -0.4 is 5.43 Å². The molecule has 0 heterocycles. The summed E-state index contributed by atoms with van der Waals surface area (Å²) in [5.41, 5.74) is 3.37. The molecule has 10 heavy (non-hydrogen) atoms. The van der Waals surface area contributed by atoms with E-state index in [-0.39, 0.29) is 0 Å². The van der Waals surface area contributed by atoms with Gasteiger partial charge in [-0.3, -0.25) is 10.4 Å². The summed E-state index contributed by atoms with van der Waals surface area (Å²) >= 11 is 0. The zero-order valence-electron chi connectivity index (χ0n) is 7.39. The topological polar surface area (TPSA) is 15.3 Å². The van der Waals surface area contributed by atoms with Gasteiger partial charge in [0.25, 0.3) is 0 Å². The van der Waals surface area contributed by atoms with E-state index >= 15 is 0 Å². The first kappa shape index (κ1) is 8.02. The molecule has 1 aliphatic carbocycles. The zero-order chi connectivity index (χ0) is 7.72. The van der Waals surface area contributed by atoms with E-state index in [1.54, 1.807) is 0 Å². The SMILES string of the molecule is CC1CC1C(C)NN(C)C. The molecule has 1 fully saturated rings. The maximum atomic E-state index is 3.37. The molecule has 2 heteroatoms. The second-order valence-electron chi connectivity index (χ2n) is 3.69. The lowest BCUT2D eigenvalue weighted by Gasteiger charge is -2.18. The Kier molecular flexibility index (Phi) is 2.32. The van der Waals surface area contributed by atoms with Crippen molar-refractivity contribution in [2.75, 3.05) is 14.1 Å². The number of hydrazine groups is 1. The Bertz CT molecular complexity index is 112. The summed E-state index contributed by atoms with van der Waals surface area (Å²) in [7, 11) is 4.09. The Morgan fingerprint density at radius 2 is 2.00 bits per heavy atom. The molecule has 0 saturated heterocycles. The fraction of sp³-hybridized carbons (Fsp3) is 1.00. The molecule has 0 spiro atoms. The molecule has 0 aromatic rings. The predicted molar refractivity (Wildman–Crippen MR) is 43.6 cm³/mol. The van der Waals surface area contributed by atoms with E-state index in [2.05, 4.69) is 19.3 Å². The number of nitrogens with zero attached hydrogens (tertiary/aromatic N) is 1. The van der Waals surface area contributed by atoms with E-state index in [9.17, 15) is 0 Å². The molecule has 0 aromatic heterocycles. The Morgan fingerprint density at radius 3 is 2.30 bits per heavy atom. The van der Waals surface area contributed by atoms with Gasteiger partial charge in [-0.1, -0.05) is 6.92 Å². The van der Waals surface area contributed by atoms with Crippen molar-refractivity contribution in [1.82, 2.24) is 10.4 Å². The van der Waals surface area contributed by atoms with E-state index in [4.69, 9.17) is 0 Å². The normalized spacial score (nSPS) is 34.5. The Labute approximate surface area is 63.6 Å². The Hall–Kier alpha value is -0.0800. The van der Waals surface area contributed by atoms with Crippen molar-refractivity contribution in [3.63, 3.8) is 0 Å². The van der Waals surface area contributed by atoms with Gasteiger partial charge in [0.05, 0.1) is 0 Å². The summed E-state index contributed by atoms with van der Waals surface area (Å²) in [5, 5.41) is 2.04. The third-order valence-electron chi connectivity index (χ3n) is 2.28. The second kappa shape index (κ2) is 2.89. The number of hydrogen-bond acceptors (Lipinski definition) is 2. The number of rotatable bonds is 3. The highest BCUT2D eigenvalue weighted by Crippen LogP contribution is 2.40. The number of hydrogen-bond donors (Lipinski definition) is 1. The van der Waals surface area contributed by atoms with Crippen molar-refractivity contribution >= 4 is 0 Å². The minimum atomic E-state index is 0.657. The maximum Gasteiger partial charge on any atom is 0.0217 e. The smallest absolute Gasteiger partial charge is 0.0217 e. The molecule has 0 aliphatic heterocycles. The largest absolute Gasteiger partial charge is 0.253 e. The molecule has 3 atom stereocenters. The van der Waals surface area contributed by atoms with Crippen molar-refractivity contribution in [3.8, 4) is 0 Å². The van der Waals surface area contributed by atoms with Crippen LogP contribution in [0.25, 0.3) is 0 Å². The van der Waals surface area contributed by atoms with Crippen LogP contribution in [0, 0.1) is 11.8 Å². The first-order valence-electron chi connectivity index (χ1n) is 4.04. The molecule has 2 nitrogen and oxygen atoms in total. The summed E-state index contributed by atoms with van der Waals surface area (Å²) in [6, 6.07) is 0.657. The Balaban J connectivity index is 2.16. The molecule has 0 radical (unpaired) electrons. The van der Waals surface area contributed by atoms with Crippen LogP contribution in [0.4, 0.5) is 0 Å². The van der Waals surface area contributed by atoms with Gasteiger partial charge < -0.3 is 0 Å². The van der Waals surface area contributed by atoms with Gasteiger partial charge in [0, 0.05) is 20.1 Å². The lowest BCUT2D eigenvalue weighted by molar-refractivity contribution is 0.233. The second-order valence-corrected chi connectivity index (χ2v) is 3.69. The third-order valence-corrected chi connectivity index (χ3v) is 2.28. The lowest BCUT2D eigenvalue weighted by atomic mass is 10.2. The first-order chi connectivity index (χ1) is 4.61. The fourth-order valence-electron chi connectivity index (χ4n) is 1.55. The molecular weight excluding hydrogens is 124 g/mol. The molecule has 3 unspecified atom stereocenters. The van der Waals surface area contributed by atoms with Crippen molar-refractivity contribution in [2.45, 2.75) is 26.3 Å². The van der Waals surface area contributed by atoms with Crippen LogP contribution in [0.1, 0.15) is 20.3 Å². The van der Waals surface area contributed by atoms with Crippen LogP contribution in [0.5, 0.6) is 0 Å². The standard InChI is InChI=1S/C8H18N2/c1-6-5-8(6)7(2)9-10(3)4/h6-9H,5H2,1-4H3. The fourth-order valence-corrected chi connectivity index (χ4v) is 1.55. The monoisotopic (exact) mass is 142 g/mol. The van der Waals surface area contributed by atoms with Crippen molar-refractivity contribution < 1.29 is 0 Å². The van der Waals surface area contributed by atoms with Crippen LogP contribution in [0.3, 0.4) is 0 Å². The molecule has 1 N–H and O–H groups in total. The molecular formula is C8H18N2. The summed E-state index contributed by atoms with van der Waals surface area (Å²) in [6.07, 6.45) is 1.40. The van der Waals surface area contributed by atoms with Crippen LogP contribution in [0.2, 0.25) is 0 Å². The first-order valence-corrected chi connectivity index (χ1v) is 4.04. The van der Waals surface area contributed by atoms with Gasteiger partial charge in [0.2, 0.25) is 0 Å². The summed E-state index contributed by atoms with van der Waals surface area (Å²) in [5.74, 6) is 1.87. The van der Waals surface area contributed by atoms with E-state index in [1.807, 2.05) is 19.1 Å². The predicted octanol–water partition coefficient (Wildman–Crippen LogP) is 1.10. The quantitative estimate of drug-likeness (QED) is 0.594. The van der Waals surface area contributed by atoms with Crippen LogP contribution in [-0.4, -0.2) is 25.1 Å². The van der Waals surface area contributed by atoms with Crippen molar-refractivity contribution in [1.29, 1.82) is 0 Å². The molecule has 0 amide bonds. The van der Waals surface area contributed by atoms with Gasteiger partial charge in [-0.25, -0.2) is 0 Å². The van der Waals surface area contributed by atoms with Gasteiger partial charge in [0.1, 0.15) is 0 Å². The zero-order valence-corrected chi connectivity index (χ0v) is 7.39. The van der Waals surface area contributed by atoms with Gasteiger partial charge in [-0.05, 0) is 25.2 Å². The molecule has 1 saturated carbocycles. The van der Waals surface area contributed by atoms with Crippen LogP contribution in [-0.2, 0) is 0 Å². The number of nitrogens with one attached hydrogen (secondary N) is 1. The van der Waals surface area contributed by atoms with E-state index < -0.39 is 0 Å². The Morgan fingerprint density at radius 1 is 1.50 bits per heavy atom. The van der Waals surface area contributed by atoms with Gasteiger partial charge in [0.15, 0.2) is 0 Å². The van der Waals surface area contributed by atoms with Crippen molar-refractivity contribution in [2.24, 2.45) is 11.8 Å². The van der Waals surface area contributed by atoms with Gasteiger partial charge in [-0.15, -0.1) is 0 Å². The summed E-state index contributed by atoms with van der Waals surface area (Å²) < 4.78 is 0. The minimum Gasteiger partial charge on any atom is -0.253 e. The summed E-state index contributed by atoms with van der Waals surface area (Å²) in [4.78, 5) is 0. The van der Waals surface area contributed by atoms with E-state index in [0.29, 0.717) is 6.04 Å². The maximum absolute atomic E-state index is 3.37.